The summed E-state index contributed by atoms with van der Waals surface area (Å²) in [5.74, 6) is -0.308. The van der Waals surface area contributed by atoms with Gasteiger partial charge in [0.05, 0.1) is 136 Å². The molecular formula is C71H99FN20O32P6S6Y6. The first-order valence-corrected chi connectivity index (χ1v) is 55.4. The Morgan fingerprint density at radius 3 is 1.06 bits per heavy atom. The molecule has 12 fully saturated rings. The molecule has 52 nitrogen and oxygen atoms in total. The first kappa shape index (κ1) is 126. The van der Waals surface area contributed by atoms with Crippen LogP contribution in [0.4, 0.5) is 27.9 Å². The van der Waals surface area contributed by atoms with Crippen LogP contribution in [0.1, 0.15) is 49.9 Å². The summed E-state index contributed by atoms with van der Waals surface area (Å²) in [5.41, 5.74) is 15.6. The number of imidazole rings is 2. The van der Waals surface area contributed by atoms with Gasteiger partial charge in [-0.3, -0.25) is 84.1 Å². The molecule has 0 amide bonds. The molecule has 0 aliphatic carbocycles. The van der Waals surface area contributed by atoms with Crippen LogP contribution in [-0.2, 0) is 308 Å². The molecule has 0 saturated carbocycles. The smallest absolute Gasteiger partial charge is 0.351 e. The summed E-state index contributed by atoms with van der Waals surface area (Å²) in [6.07, 6.45) is 1.63. The molecule has 11 N–H and O–H groups in total. The van der Waals surface area contributed by atoms with Gasteiger partial charge >= 0.3 is 22.8 Å². The molecule has 766 valence electrons. The number of aryl methyl sites for hydroxylation is 1. The maximum Gasteiger partial charge on any atom is 0.351 e. The second kappa shape index (κ2) is 52.5. The number of ether oxygens (including phenoxy) is 13. The first-order chi connectivity index (χ1) is 64.4. The fourth-order valence-electron chi connectivity index (χ4n) is 16.9. The van der Waals surface area contributed by atoms with Crippen LogP contribution in [0.5, 0.6) is 5.88 Å². The third kappa shape index (κ3) is 26.4. The van der Waals surface area contributed by atoms with Crippen molar-refractivity contribution in [3.05, 3.63) is 134 Å². The van der Waals surface area contributed by atoms with Gasteiger partial charge < -0.3 is 112 Å². The van der Waals surface area contributed by atoms with Crippen molar-refractivity contribution >= 4 is 170 Å². The molecule has 20 heterocycles. The molecule has 12 saturated heterocycles. The number of hydrogen-bond acceptors (Lipinski definition) is 49. The third-order valence-electron chi connectivity index (χ3n) is 23.7. The number of aromatic amines is 3. The van der Waals surface area contributed by atoms with E-state index in [1.807, 2.05) is 11.9 Å². The maximum atomic E-state index is 13.4. The van der Waals surface area contributed by atoms with Gasteiger partial charge in [0.2, 0.25) is 23.6 Å². The van der Waals surface area contributed by atoms with Crippen LogP contribution in [0.25, 0.3) is 22.3 Å². The summed E-state index contributed by atoms with van der Waals surface area (Å²) in [7, 11) is -12.6. The van der Waals surface area contributed by atoms with E-state index >= 15 is 0 Å². The zero-order valence-corrected chi connectivity index (χ0v) is 105. The topological polar surface area (TPSA) is 669 Å². The summed E-state index contributed by atoms with van der Waals surface area (Å²) >= 11 is 27.2. The minimum absolute atomic E-state index is 0. The molecule has 0 aromatic carbocycles. The molecule has 6 unspecified atom stereocenters. The van der Waals surface area contributed by atoms with E-state index in [-0.39, 0.29) is 324 Å². The molecule has 6 radical (unpaired) electrons. The van der Waals surface area contributed by atoms with Crippen molar-refractivity contribution in [1.82, 2.24) is 77.2 Å². The van der Waals surface area contributed by atoms with Crippen LogP contribution in [0.3, 0.4) is 0 Å². The fourth-order valence-corrected chi connectivity index (χ4v) is 22.3. The van der Waals surface area contributed by atoms with Crippen molar-refractivity contribution in [2.75, 3.05) is 149 Å². The molecule has 12 aliphatic rings. The number of halogens is 1. The number of nitrogens with zero attached hydrogens (tertiary/aromatic N) is 13. The average Bonchev–Trinajstić information content (AvgIpc) is 1.57. The molecule has 30 atom stereocenters. The summed E-state index contributed by atoms with van der Waals surface area (Å²) < 4.78 is 196. The van der Waals surface area contributed by atoms with Crippen molar-refractivity contribution in [2.24, 2.45) is 0 Å². The third-order valence-corrected chi connectivity index (χ3v) is 31.6. The van der Waals surface area contributed by atoms with Gasteiger partial charge in [-0.25, -0.2) is 29.1 Å². The average molecular weight is 2680 g/mol. The minimum Gasteiger partial charge on any atom is -0.476 e. The van der Waals surface area contributed by atoms with E-state index in [1.165, 1.54) is 84.4 Å². The zero-order valence-electron chi connectivity index (χ0n) is 76.4. The molecule has 20 rings (SSSR count). The second-order valence-electron chi connectivity index (χ2n) is 33.1. The van der Waals surface area contributed by atoms with Crippen molar-refractivity contribution < 1.29 is 317 Å². The number of anilines is 4. The summed E-state index contributed by atoms with van der Waals surface area (Å²) in [6.45, 7) is 15.0. The van der Waals surface area contributed by atoms with Gasteiger partial charge in [0.25, 0.3) is 16.7 Å². The molecule has 0 spiro atoms. The molecule has 142 heavy (non-hydrogen) atoms. The van der Waals surface area contributed by atoms with E-state index < -0.39 is 194 Å². The van der Waals surface area contributed by atoms with Crippen LogP contribution < -0.4 is 67.1 Å². The minimum atomic E-state index is -2.17. The Labute approximate surface area is 992 Å². The monoisotopic (exact) mass is 2670 g/mol. The van der Waals surface area contributed by atoms with Crippen LogP contribution in [0.2, 0.25) is 0 Å². The Kier molecular flexibility index (Phi) is 46.5. The predicted molar refractivity (Wildman–Crippen MR) is 504 cm³/mol. The number of nitrogens with one attached hydrogen (secondary N) is 3. The SMILES string of the molecule is CCOc1nc(N)nc2c1ncn2[C@@H]1O[C@@]2(CO[PH](C)=O)CO[C@@H]1[C@@H]2S.C[PH](=O)OC[C@@]12CO[C@@H]([C@H](n3cc(F)c(=O)[nH]c3=O)O1)[C@@H]2S.C[PH](=O)OC[C@@]12CO[C@@H]([C@H](n3ccc(=O)[nH]c3=O)O1)[C@@H]2S.C[PH](=O)OC[C@@]12CO[C@@H]([C@H](n3ccc(N)nc3=O)O1)[C@@H]2S.C[PH](=O)OC[C@@]12CO[C@@H]([C@H](n3cnc4c(N)nc(N)nc43)O1)[C@@H]2S.Cc1cn([C@@H]2O[C@@]3(CO[PH](C)=O)CO[C@@H]2[C@@H]3S)c(=O)[nH]c1=O.[Y].[Y].[Y].[Y].[Y].[Y]. The van der Waals surface area contributed by atoms with E-state index in [0.29, 0.717) is 53.6 Å². The number of nitrogens with two attached hydrogens (primary N) is 4. The van der Waals surface area contributed by atoms with Crippen LogP contribution in [0, 0.1) is 12.7 Å². The number of aromatic nitrogens is 16. The van der Waals surface area contributed by atoms with Crippen molar-refractivity contribution in [1.29, 1.82) is 0 Å². The second-order valence-corrected chi connectivity index (χ2v) is 44.0. The van der Waals surface area contributed by atoms with Crippen molar-refractivity contribution in [3.8, 4) is 5.88 Å². The van der Waals surface area contributed by atoms with E-state index in [4.69, 9.17) is 112 Å². The van der Waals surface area contributed by atoms with Gasteiger partial charge in [-0.05, 0) is 19.9 Å². The van der Waals surface area contributed by atoms with E-state index in [9.17, 15) is 65.3 Å². The fraction of sp³-hybridized carbons (Fsp3) is 0.634. The molecule has 8 aromatic heterocycles. The van der Waals surface area contributed by atoms with E-state index in [0.717, 1.165) is 10.8 Å². The Morgan fingerprint density at radius 2 is 0.711 bits per heavy atom. The number of H-pyrrole nitrogens is 3. The van der Waals surface area contributed by atoms with Gasteiger partial charge in [-0.2, -0.15) is 105 Å². The first-order valence-electron chi connectivity index (χ1n) is 41.4. The standard InChI is InChI=1S/C14H20N5O5PS.C12H17N6O4PS.C12H17N2O6PS.C11H14FN2O6PS.C11H16N3O5PS.C11H15N2O6PS.6Y/c1-3-21-11-7-10(17-13(15)18-11)19(6-16-7)12-8-9(26)14(24-12,4-22-8)5-23-25(2)20;1-23(19)21-3-12-2-20-6(7(12)24)10(22-12)18-4-15-5-8(13)16-11(14)17-9(5)18;1-6-3-14(11(16)13-9(6)15)10-7-8(22)12(20-10,4-18-7)5-19-21(2)17;1-21(17)19-4-11-3-18-6(7(11)22)9(20-11)14-2-5(12)8(15)13-10(14)16;1-20(16)18-5-11-4-17-7(8(11)21)9(19-11)14-3-2-6(12)13-10(14)15;1-20(16)18-5-11-4-17-7(8(11)21)9(19-11)13-3-2-6(14)12-10(13)15;;;;;;/h6,8-9,12,25-26H,3-5H2,1-2H3,(H2,15,17,18);4,6-7,10,23-24H,2-3H2,1H3,(H4,13,14,16,17);3,7-8,10,21-22H,4-5H2,1-2H3,(H,13,15,16);2,6-7,9,21-22H,3-4H2,1H3,(H,13,15,16);2-3,7-9,20-21H,4-5H2,1H3,(H2,12,13,15);2-3,7-9,20-21H,4-5H2,1H3,(H,12,14,15);;;;;;/t8-,9+,12-,14-;6-,7+,10-,12-;7-,8+,10-,12-;6-,7+,9-,11-;2*7-,8+,9-,11-;;;;;;/m111111....../s1. The van der Waals surface area contributed by atoms with Gasteiger partial charge in [0.15, 0.2) is 108 Å². The van der Waals surface area contributed by atoms with Crippen LogP contribution >= 0.6 is 124 Å². The van der Waals surface area contributed by atoms with E-state index in [2.05, 4.69) is 121 Å². The van der Waals surface area contributed by atoms with Crippen molar-refractivity contribution in [2.45, 2.75) is 153 Å². The number of rotatable bonds is 26. The predicted octanol–water partition coefficient (Wildman–Crippen LogP) is 0.181. The number of hydrogen-bond donors (Lipinski definition) is 13. The molecule has 12 bridgehead atoms. The molecule has 71 heteroatoms. The zero-order chi connectivity index (χ0) is 98.1. The summed E-state index contributed by atoms with van der Waals surface area (Å²) in [4.78, 5) is 116. The largest absolute Gasteiger partial charge is 0.476 e. The number of nitrogen functional groups attached to an aromatic ring is 4. The van der Waals surface area contributed by atoms with Crippen LogP contribution in [-0.4, -0.2) is 305 Å². The summed E-state index contributed by atoms with van der Waals surface area (Å²) in [6, 6.07) is 2.75. The Morgan fingerprint density at radius 1 is 0.408 bits per heavy atom. The normalized spacial score (nSPS) is 32.9. The summed E-state index contributed by atoms with van der Waals surface area (Å²) in [5, 5.41) is -1.84. The van der Waals surface area contributed by atoms with Gasteiger partial charge in [-0.15, -0.1) is 0 Å². The van der Waals surface area contributed by atoms with Gasteiger partial charge in [0.1, 0.15) is 81.6 Å². The Balaban J connectivity index is 0.000000189. The Bertz CT molecular complexity index is 6350. The molecule has 12 aliphatic heterocycles. The molecule has 8 aromatic rings. The van der Waals surface area contributed by atoms with Gasteiger partial charge in [0, 0.05) is 266 Å². The van der Waals surface area contributed by atoms with Gasteiger partial charge in [-0.1, -0.05) is 0 Å². The quantitative estimate of drug-likeness (QED) is 0.0254. The number of thiol groups is 6. The van der Waals surface area contributed by atoms with Crippen molar-refractivity contribution in [3.63, 3.8) is 0 Å². The molecular weight excluding hydrogens is 2580 g/mol. The number of fused-ring (bicyclic) bond motifs is 14. The maximum absolute atomic E-state index is 13.4. The van der Waals surface area contributed by atoms with E-state index in [1.54, 1.807) is 28.7 Å². The Hall–Kier alpha value is 0.333. The van der Waals surface area contributed by atoms with Crippen LogP contribution in [0.15, 0.2) is 83.1 Å².